The number of hydrogen-bond acceptors (Lipinski definition) is 8. The fourth-order valence-corrected chi connectivity index (χ4v) is 9.05. The van der Waals surface area contributed by atoms with E-state index in [1.54, 1.807) is 23.7 Å². The van der Waals surface area contributed by atoms with Crippen molar-refractivity contribution in [2.45, 2.75) is 84.3 Å². The van der Waals surface area contributed by atoms with Crippen LogP contribution in [0.1, 0.15) is 81.8 Å². The second-order valence-corrected chi connectivity index (χ2v) is 16.6. The van der Waals surface area contributed by atoms with Crippen LogP contribution in [0.2, 0.25) is 0 Å². The highest BCUT2D eigenvalue weighted by molar-refractivity contribution is 7.11. The van der Waals surface area contributed by atoms with E-state index < -0.39 is 23.5 Å². The number of piperidine rings is 1. The van der Waals surface area contributed by atoms with Crippen LogP contribution in [0.3, 0.4) is 0 Å². The van der Waals surface area contributed by atoms with E-state index in [2.05, 4.69) is 24.1 Å². The average Bonchev–Trinajstić information content (AvgIpc) is 3.41. The number of nitrogens with one attached hydrogen (secondary N) is 1. The molecule has 1 spiro atoms. The van der Waals surface area contributed by atoms with E-state index in [0.717, 1.165) is 32.1 Å². The maximum atomic E-state index is 14.4. The van der Waals surface area contributed by atoms with Gasteiger partial charge in [0.2, 0.25) is 17.7 Å². The second kappa shape index (κ2) is 14.1. The van der Waals surface area contributed by atoms with Crippen molar-refractivity contribution >= 4 is 35.0 Å². The van der Waals surface area contributed by atoms with Crippen molar-refractivity contribution in [1.29, 1.82) is 0 Å². The van der Waals surface area contributed by atoms with E-state index in [1.165, 1.54) is 30.6 Å². The van der Waals surface area contributed by atoms with Crippen LogP contribution in [0.5, 0.6) is 0 Å². The highest BCUT2D eigenvalue weighted by Crippen LogP contribution is 2.54. The molecule has 5 aliphatic rings. The van der Waals surface area contributed by atoms with Crippen LogP contribution in [0, 0.1) is 34.5 Å². The van der Waals surface area contributed by atoms with Gasteiger partial charge in [0.25, 0.3) is 5.91 Å². The van der Waals surface area contributed by atoms with Gasteiger partial charge in [-0.2, -0.15) is 0 Å². The first-order valence-electron chi connectivity index (χ1n) is 17.7. The molecule has 1 aromatic heterocycles. The number of amides is 4. The number of nitrogens with zero attached hydrogens (tertiary/aromatic N) is 4. The summed E-state index contributed by atoms with van der Waals surface area (Å²) in [4.78, 5) is 65.5. The number of rotatable bonds is 11. The van der Waals surface area contributed by atoms with Crippen LogP contribution < -0.4 is 5.32 Å². The smallest absolute Gasteiger partial charge is 0.265 e. The molecular formula is C35H53N5O6S. The predicted molar refractivity (Wildman–Crippen MR) is 178 cm³/mol. The third kappa shape index (κ3) is 7.39. The molecule has 3 aliphatic heterocycles. The standard InChI is InChI=1S/C35H53N5O6S/c1-23(46-18-24-9-6-5-7-10-24)29(33(44)38-12-8-11-25(15-38)17-45-4)37-30(41)27-16-39(32(43)28-14-36-22-47-28)19-35(27)20-40(21-35)31(42)26-13-34(26,2)3/h14,22-27,29H,5-13,15-21H2,1-4H3,(H,37,41)/t23-,25+,26-,27?,29+/m1/s1. The van der Waals surface area contributed by atoms with Crippen molar-refractivity contribution in [2.75, 3.05) is 59.6 Å². The molecule has 0 aromatic carbocycles. The average molecular weight is 672 g/mol. The highest BCUT2D eigenvalue weighted by atomic mass is 32.1. The third-order valence-corrected chi connectivity index (χ3v) is 12.4. The van der Waals surface area contributed by atoms with Gasteiger partial charge in [-0.1, -0.05) is 33.1 Å². The van der Waals surface area contributed by atoms with Gasteiger partial charge in [0.05, 0.1) is 30.3 Å². The van der Waals surface area contributed by atoms with Gasteiger partial charge in [-0.3, -0.25) is 24.2 Å². The van der Waals surface area contributed by atoms with Gasteiger partial charge in [0.1, 0.15) is 10.9 Å². The number of ether oxygens (including phenoxy) is 2. The summed E-state index contributed by atoms with van der Waals surface area (Å²) >= 11 is 1.28. The molecule has 0 radical (unpaired) electrons. The summed E-state index contributed by atoms with van der Waals surface area (Å²) in [7, 11) is 1.69. The molecule has 47 heavy (non-hydrogen) atoms. The largest absolute Gasteiger partial charge is 0.384 e. The molecule has 5 fully saturated rings. The Labute approximate surface area is 283 Å². The Balaban J connectivity index is 1.19. The molecule has 2 saturated carbocycles. The van der Waals surface area contributed by atoms with Crippen molar-refractivity contribution in [3.63, 3.8) is 0 Å². The quantitative estimate of drug-likeness (QED) is 0.383. The third-order valence-electron chi connectivity index (χ3n) is 11.6. The van der Waals surface area contributed by atoms with Crippen LogP contribution >= 0.6 is 11.3 Å². The summed E-state index contributed by atoms with van der Waals surface area (Å²) in [6.45, 7) is 10.00. The summed E-state index contributed by atoms with van der Waals surface area (Å²) in [6.07, 6.45) is 9.74. The van der Waals surface area contributed by atoms with E-state index in [0.29, 0.717) is 56.7 Å². The molecule has 1 N–H and O–H groups in total. The lowest BCUT2D eigenvalue weighted by molar-refractivity contribution is -0.153. The van der Waals surface area contributed by atoms with Crippen molar-refractivity contribution in [3.8, 4) is 0 Å². The van der Waals surface area contributed by atoms with Crippen molar-refractivity contribution in [1.82, 2.24) is 25.0 Å². The molecule has 3 saturated heterocycles. The lowest BCUT2D eigenvalue weighted by atomic mass is 9.70. The van der Waals surface area contributed by atoms with E-state index in [-0.39, 0.29) is 47.4 Å². The van der Waals surface area contributed by atoms with Crippen molar-refractivity contribution in [2.24, 2.45) is 34.5 Å². The lowest BCUT2D eigenvalue weighted by Gasteiger charge is -2.50. The molecule has 6 rings (SSSR count). The molecule has 2 aliphatic carbocycles. The molecule has 4 heterocycles. The van der Waals surface area contributed by atoms with Gasteiger partial charge in [0, 0.05) is 64.3 Å². The van der Waals surface area contributed by atoms with E-state index in [9.17, 15) is 19.2 Å². The SMILES string of the molecule is COC[C@H]1CCCN(C(=O)[C@@H](NC(=O)C2CN(C(=O)c3cncs3)CC23CN(C(=O)[C@H]2CC2(C)C)C3)[C@@H](C)OCC2CCCCC2)C1. The molecule has 4 amide bonds. The monoisotopic (exact) mass is 671 g/mol. The Bertz CT molecular complexity index is 1290. The maximum absolute atomic E-state index is 14.4. The van der Waals surface area contributed by atoms with Gasteiger partial charge in [-0.05, 0) is 56.3 Å². The highest BCUT2D eigenvalue weighted by Gasteiger charge is 2.62. The Morgan fingerprint density at radius 3 is 2.32 bits per heavy atom. The summed E-state index contributed by atoms with van der Waals surface area (Å²) in [5.74, 6) is -0.199. The fraction of sp³-hybridized carbons (Fsp3) is 0.800. The van der Waals surface area contributed by atoms with E-state index in [1.807, 2.05) is 16.7 Å². The summed E-state index contributed by atoms with van der Waals surface area (Å²) in [5, 5.41) is 3.16. The van der Waals surface area contributed by atoms with Gasteiger partial charge in [-0.25, -0.2) is 0 Å². The molecular weight excluding hydrogens is 618 g/mol. The number of carbonyl (C=O) groups is 4. The predicted octanol–water partition coefficient (Wildman–Crippen LogP) is 3.45. The van der Waals surface area contributed by atoms with Crippen LogP contribution in [0.4, 0.5) is 0 Å². The first-order valence-corrected chi connectivity index (χ1v) is 18.6. The minimum atomic E-state index is -0.847. The molecule has 260 valence electrons. The zero-order valence-corrected chi connectivity index (χ0v) is 29.4. The lowest BCUT2D eigenvalue weighted by Crippen LogP contribution is -2.65. The van der Waals surface area contributed by atoms with Crippen LogP contribution in [0.25, 0.3) is 0 Å². The number of carbonyl (C=O) groups excluding carboxylic acids is 4. The summed E-state index contributed by atoms with van der Waals surface area (Å²) < 4.78 is 11.8. The Kier molecular flexibility index (Phi) is 10.3. The molecule has 12 heteroatoms. The Hall–Kier alpha value is -2.57. The zero-order chi connectivity index (χ0) is 33.3. The molecule has 0 bridgehead atoms. The number of methoxy groups -OCH3 is 1. The number of thiazole rings is 1. The van der Waals surface area contributed by atoms with E-state index in [4.69, 9.17) is 9.47 Å². The van der Waals surface area contributed by atoms with Crippen molar-refractivity contribution < 1.29 is 28.7 Å². The first kappa shape index (κ1) is 34.3. The summed E-state index contributed by atoms with van der Waals surface area (Å²) in [5.41, 5.74) is 1.08. The molecule has 11 nitrogen and oxygen atoms in total. The van der Waals surface area contributed by atoms with Crippen LogP contribution in [-0.4, -0.2) is 115 Å². The number of likely N-dealkylation sites (tertiary alicyclic amines) is 3. The van der Waals surface area contributed by atoms with E-state index >= 15 is 0 Å². The Morgan fingerprint density at radius 1 is 0.957 bits per heavy atom. The normalized spacial score (nSPS) is 28.1. The fourth-order valence-electron chi connectivity index (χ4n) is 8.47. The molecule has 5 atom stereocenters. The van der Waals surface area contributed by atoms with Crippen molar-refractivity contribution in [3.05, 3.63) is 16.6 Å². The maximum Gasteiger partial charge on any atom is 0.265 e. The minimum absolute atomic E-state index is 0.0124. The van der Waals surface area contributed by atoms with Gasteiger partial charge < -0.3 is 29.5 Å². The number of hydrogen-bond donors (Lipinski definition) is 1. The molecule has 1 unspecified atom stereocenters. The van der Waals surface area contributed by atoms with Crippen LogP contribution in [0.15, 0.2) is 11.7 Å². The number of aromatic nitrogens is 1. The second-order valence-electron chi connectivity index (χ2n) is 15.7. The summed E-state index contributed by atoms with van der Waals surface area (Å²) in [6, 6.07) is -0.847. The molecule has 1 aromatic rings. The van der Waals surface area contributed by atoms with Gasteiger partial charge >= 0.3 is 0 Å². The zero-order valence-electron chi connectivity index (χ0n) is 28.6. The topological polar surface area (TPSA) is 121 Å². The van der Waals surface area contributed by atoms with Crippen LogP contribution in [-0.2, 0) is 23.9 Å². The first-order chi connectivity index (χ1) is 22.5. The Morgan fingerprint density at radius 2 is 1.66 bits per heavy atom. The van der Waals surface area contributed by atoms with Gasteiger partial charge in [-0.15, -0.1) is 11.3 Å². The minimum Gasteiger partial charge on any atom is -0.384 e. The van der Waals surface area contributed by atoms with Gasteiger partial charge in [0.15, 0.2) is 0 Å².